The molecule has 2 rings (SSSR count). The molecule has 0 fully saturated rings. The van der Waals surface area contributed by atoms with Crippen LogP contribution in [0.5, 0.6) is 23.0 Å². The Labute approximate surface area is 145 Å². The van der Waals surface area contributed by atoms with E-state index >= 15 is 0 Å². The van der Waals surface area contributed by atoms with Crippen molar-refractivity contribution < 1.29 is 24.1 Å². The molecule has 25 heavy (non-hydrogen) atoms. The lowest BCUT2D eigenvalue weighted by molar-refractivity contribution is 0.0954. The number of phenols is 1. The van der Waals surface area contributed by atoms with Crippen molar-refractivity contribution in [1.29, 1.82) is 0 Å². The quantitative estimate of drug-likeness (QED) is 0.595. The van der Waals surface area contributed by atoms with Gasteiger partial charge in [-0.05, 0) is 37.3 Å². The van der Waals surface area contributed by atoms with Gasteiger partial charge in [0.25, 0.3) is 5.91 Å². The van der Waals surface area contributed by atoms with Crippen LogP contribution in [-0.2, 0) is 0 Å². The maximum absolute atomic E-state index is 12.1. The Bertz CT molecular complexity index is 774. The highest BCUT2D eigenvalue weighted by atomic mass is 16.5. The summed E-state index contributed by atoms with van der Waals surface area (Å²) in [4.78, 5) is 12.1. The molecule has 0 atom stereocenters. The molecule has 0 heterocycles. The Morgan fingerprint density at radius 2 is 1.92 bits per heavy atom. The van der Waals surface area contributed by atoms with Gasteiger partial charge in [-0.2, -0.15) is 5.10 Å². The Kier molecular flexibility index (Phi) is 6.22. The largest absolute Gasteiger partial charge is 0.504 e. The highest BCUT2D eigenvalue weighted by Gasteiger charge is 2.10. The molecule has 7 heteroatoms. The van der Waals surface area contributed by atoms with Gasteiger partial charge in [-0.15, -0.1) is 0 Å². The number of ether oxygens (including phenoxy) is 3. The van der Waals surface area contributed by atoms with Crippen molar-refractivity contribution >= 4 is 12.1 Å². The Balaban J connectivity index is 2.09. The van der Waals surface area contributed by atoms with E-state index in [4.69, 9.17) is 14.2 Å². The summed E-state index contributed by atoms with van der Waals surface area (Å²) in [6, 6.07) is 9.82. The third-order valence-corrected chi connectivity index (χ3v) is 3.35. The molecule has 2 N–H and O–H groups in total. The second kappa shape index (κ2) is 8.58. The van der Waals surface area contributed by atoms with Crippen LogP contribution in [0.1, 0.15) is 22.8 Å². The van der Waals surface area contributed by atoms with E-state index in [0.29, 0.717) is 35.0 Å². The fourth-order valence-electron chi connectivity index (χ4n) is 2.12. The van der Waals surface area contributed by atoms with Gasteiger partial charge in [0.2, 0.25) is 0 Å². The number of benzene rings is 2. The number of hydrogen-bond acceptors (Lipinski definition) is 6. The van der Waals surface area contributed by atoms with Gasteiger partial charge >= 0.3 is 0 Å². The Morgan fingerprint density at radius 3 is 2.60 bits per heavy atom. The molecule has 0 radical (unpaired) electrons. The molecule has 0 aromatic heterocycles. The van der Waals surface area contributed by atoms with Crippen molar-refractivity contribution in [3.63, 3.8) is 0 Å². The minimum absolute atomic E-state index is 0.0338. The molecule has 2 aromatic rings. The number of carbonyl (C=O) groups excluding carboxylic acids is 1. The maximum atomic E-state index is 12.1. The first kappa shape index (κ1) is 18.1. The average Bonchev–Trinajstić information content (AvgIpc) is 2.64. The van der Waals surface area contributed by atoms with Gasteiger partial charge in [0.1, 0.15) is 0 Å². The normalized spacial score (nSPS) is 10.5. The Morgan fingerprint density at radius 1 is 1.16 bits per heavy atom. The highest BCUT2D eigenvalue weighted by Crippen LogP contribution is 2.29. The molecule has 0 saturated heterocycles. The van der Waals surface area contributed by atoms with Gasteiger partial charge in [0.15, 0.2) is 23.0 Å². The van der Waals surface area contributed by atoms with Crippen LogP contribution in [0, 0.1) is 0 Å². The number of hydrazone groups is 1. The zero-order valence-electron chi connectivity index (χ0n) is 14.3. The number of nitrogens with zero attached hydrogens (tertiary/aromatic N) is 1. The van der Waals surface area contributed by atoms with Crippen LogP contribution in [0.25, 0.3) is 0 Å². The van der Waals surface area contributed by atoms with Crippen molar-refractivity contribution in [3.05, 3.63) is 47.5 Å². The number of amides is 1. The van der Waals surface area contributed by atoms with E-state index in [0.717, 1.165) is 0 Å². The topological polar surface area (TPSA) is 89.4 Å². The predicted octanol–water partition coefficient (Wildman–Crippen LogP) is 2.57. The summed E-state index contributed by atoms with van der Waals surface area (Å²) in [6.07, 6.45) is 1.34. The highest BCUT2D eigenvalue weighted by molar-refractivity contribution is 5.95. The van der Waals surface area contributed by atoms with Gasteiger partial charge in [0.05, 0.1) is 27.0 Å². The molecule has 0 aliphatic carbocycles. The number of nitrogens with one attached hydrogen (secondary N) is 1. The SMILES string of the molecule is CCOc1cccc(/C=N/NC(=O)c2ccc(OC)c(OC)c2)c1O. The monoisotopic (exact) mass is 344 g/mol. The fourth-order valence-corrected chi connectivity index (χ4v) is 2.12. The summed E-state index contributed by atoms with van der Waals surface area (Å²) in [6.45, 7) is 2.26. The van der Waals surface area contributed by atoms with Gasteiger partial charge < -0.3 is 19.3 Å². The van der Waals surface area contributed by atoms with E-state index in [1.54, 1.807) is 36.4 Å². The molecular formula is C18H20N2O5. The molecule has 0 aliphatic heterocycles. The minimum atomic E-state index is -0.419. The third kappa shape index (κ3) is 4.41. The molecular weight excluding hydrogens is 324 g/mol. The summed E-state index contributed by atoms with van der Waals surface area (Å²) in [5.41, 5.74) is 3.19. The van der Waals surface area contributed by atoms with Crippen LogP contribution in [0.15, 0.2) is 41.5 Å². The summed E-state index contributed by atoms with van der Waals surface area (Å²) < 4.78 is 15.6. The number of hydrogen-bond donors (Lipinski definition) is 2. The van der Waals surface area contributed by atoms with Crippen LogP contribution in [0.4, 0.5) is 0 Å². The lowest BCUT2D eigenvalue weighted by Gasteiger charge is -2.09. The first-order chi connectivity index (χ1) is 12.1. The van der Waals surface area contributed by atoms with Crippen LogP contribution in [0.2, 0.25) is 0 Å². The number of phenolic OH excluding ortho intramolecular Hbond substituents is 1. The second-order valence-corrected chi connectivity index (χ2v) is 4.90. The van der Waals surface area contributed by atoms with E-state index < -0.39 is 5.91 Å². The Hall–Kier alpha value is -3.22. The standard InChI is InChI=1S/C18H20N2O5/c1-4-25-15-7-5-6-13(17(15)21)11-19-20-18(22)12-8-9-14(23-2)16(10-12)24-3/h5-11,21H,4H2,1-3H3,(H,20,22)/b19-11+. The second-order valence-electron chi connectivity index (χ2n) is 4.90. The average molecular weight is 344 g/mol. The van der Waals surface area contributed by atoms with Crippen LogP contribution < -0.4 is 19.6 Å². The number of aromatic hydroxyl groups is 1. The first-order valence-corrected chi connectivity index (χ1v) is 7.60. The zero-order chi connectivity index (χ0) is 18.2. The number of carbonyl (C=O) groups is 1. The summed E-state index contributed by atoms with van der Waals surface area (Å²) >= 11 is 0. The molecule has 132 valence electrons. The molecule has 0 aliphatic rings. The van der Waals surface area contributed by atoms with E-state index in [-0.39, 0.29) is 5.75 Å². The minimum Gasteiger partial charge on any atom is -0.504 e. The van der Waals surface area contributed by atoms with E-state index in [9.17, 15) is 9.90 Å². The number of methoxy groups -OCH3 is 2. The summed E-state index contributed by atoms with van der Waals surface area (Å²) in [7, 11) is 3.01. The first-order valence-electron chi connectivity index (χ1n) is 7.60. The summed E-state index contributed by atoms with van der Waals surface area (Å²) in [5, 5.41) is 13.9. The molecule has 2 aromatic carbocycles. The van der Waals surface area contributed by atoms with E-state index in [1.165, 1.54) is 20.4 Å². The molecule has 0 spiro atoms. The van der Waals surface area contributed by atoms with Crippen molar-refractivity contribution in [2.45, 2.75) is 6.92 Å². The van der Waals surface area contributed by atoms with Crippen molar-refractivity contribution in [3.8, 4) is 23.0 Å². The molecule has 0 saturated carbocycles. The zero-order valence-corrected chi connectivity index (χ0v) is 14.3. The van der Waals surface area contributed by atoms with E-state index in [1.807, 2.05) is 6.92 Å². The predicted molar refractivity (Wildman–Crippen MR) is 93.9 cm³/mol. The van der Waals surface area contributed by atoms with Crippen molar-refractivity contribution in [1.82, 2.24) is 5.43 Å². The van der Waals surface area contributed by atoms with Crippen LogP contribution in [0.3, 0.4) is 0 Å². The lowest BCUT2D eigenvalue weighted by atomic mass is 10.2. The molecule has 0 bridgehead atoms. The molecule has 1 amide bonds. The van der Waals surface area contributed by atoms with Gasteiger partial charge in [-0.1, -0.05) is 6.07 Å². The lowest BCUT2D eigenvalue weighted by Crippen LogP contribution is -2.17. The van der Waals surface area contributed by atoms with Gasteiger partial charge in [0, 0.05) is 11.1 Å². The van der Waals surface area contributed by atoms with Crippen LogP contribution in [-0.4, -0.2) is 38.1 Å². The fraction of sp³-hybridized carbons (Fsp3) is 0.222. The molecule has 0 unspecified atom stereocenters. The smallest absolute Gasteiger partial charge is 0.271 e. The molecule has 7 nitrogen and oxygen atoms in total. The summed E-state index contributed by atoms with van der Waals surface area (Å²) in [5.74, 6) is 0.880. The van der Waals surface area contributed by atoms with Gasteiger partial charge in [-0.3, -0.25) is 4.79 Å². The maximum Gasteiger partial charge on any atom is 0.271 e. The van der Waals surface area contributed by atoms with Gasteiger partial charge in [-0.25, -0.2) is 5.43 Å². The van der Waals surface area contributed by atoms with Crippen molar-refractivity contribution in [2.75, 3.05) is 20.8 Å². The number of rotatable bonds is 7. The third-order valence-electron chi connectivity index (χ3n) is 3.35. The van der Waals surface area contributed by atoms with E-state index in [2.05, 4.69) is 10.5 Å². The number of para-hydroxylation sites is 1. The van der Waals surface area contributed by atoms with Crippen LogP contribution >= 0.6 is 0 Å². The van der Waals surface area contributed by atoms with Crippen molar-refractivity contribution in [2.24, 2.45) is 5.10 Å².